The van der Waals surface area contributed by atoms with Gasteiger partial charge in [0.15, 0.2) is 5.96 Å². The van der Waals surface area contributed by atoms with E-state index in [-0.39, 0.29) is 5.82 Å². The Morgan fingerprint density at radius 1 is 1.35 bits per heavy atom. The molecule has 4 nitrogen and oxygen atoms in total. The van der Waals surface area contributed by atoms with Gasteiger partial charge in [-0.25, -0.2) is 4.39 Å². The van der Waals surface area contributed by atoms with Gasteiger partial charge in [-0.2, -0.15) is 0 Å². The summed E-state index contributed by atoms with van der Waals surface area (Å²) in [5, 5.41) is 6.74. The molecule has 1 aliphatic rings. The summed E-state index contributed by atoms with van der Waals surface area (Å²) in [5.41, 5.74) is 0.899. The van der Waals surface area contributed by atoms with Crippen LogP contribution in [0.25, 0.3) is 0 Å². The third-order valence-corrected chi connectivity index (χ3v) is 3.86. The quantitative estimate of drug-likeness (QED) is 0.351. The zero-order valence-electron chi connectivity index (χ0n) is 14.1. The van der Waals surface area contributed by atoms with Crippen molar-refractivity contribution >= 4 is 11.6 Å². The molecule has 0 unspecified atom stereocenters. The number of nitrogens with one attached hydrogen (secondary N) is 2. The Morgan fingerprint density at radius 3 is 2.83 bits per heavy atom. The lowest BCUT2D eigenvalue weighted by Gasteiger charge is -2.19. The van der Waals surface area contributed by atoms with Crippen LogP contribution in [0, 0.1) is 5.82 Å². The summed E-state index contributed by atoms with van der Waals surface area (Å²) in [6.45, 7) is 4.52. The molecule has 0 atom stereocenters. The number of aliphatic imine (C=N–C) groups is 1. The Kier molecular flexibility index (Phi) is 6.91. The van der Waals surface area contributed by atoms with Crippen LogP contribution in [-0.2, 0) is 0 Å². The molecule has 1 aromatic carbocycles. The molecule has 0 aromatic heterocycles. The van der Waals surface area contributed by atoms with Crippen molar-refractivity contribution in [3.8, 4) is 0 Å². The summed E-state index contributed by atoms with van der Waals surface area (Å²) in [5.74, 6) is 0.686. The molecule has 0 bridgehead atoms. The number of rotatable bonds is 7. The van der Waals surface area contributed by atoms with Gasteiger partial charge in [0.1, 0.15) is 5.82 Å². The molecule has 2 N–H and O–H groups in total. The van der Waals surface area contributed by atoms with Gasteiger partial charge in [0.2, 0.25) is 0 Å². The van der Waals surface area contributed by atoms with Crippen LogP contribution >= 0.6 is 0 Å². The molecule has 1 aliphatic carbocycles. The number of hydrogen-bond donors (Lipinski definition) is 2. The van der Waals surface area contributed by atoms with E-state index in [1.165, 1.54) is 6.07 Å². The third-order valence-electron chi connectivity index (χ3n) is 3.86. The lowest BCUT2D eigenvalue weighted by molar-refractivity contribution is 0.626. The smallest absolute Gasteiger partial charge is 0.191 e. The van der Waals surface area contributed by atoms with Gasteiger partial charge in [-0.05, 0) is 44.4 Å². The van der Waals surface area contributed by atoms with E-state index in [0.717, 1.165) is 50.5 Å². The van der Waals surface area contributed by atoms with Crippen LogP contribution in [0.5, 0.6) is 0 Å². The van der Waals surface area contributed by atoms with E-state index in [0.29, 0.717) is 6.04 Å². The fraction of sp³-hybridized carbons (Fsp3) is 0.500. The third kappa shape index (κ3) is 5.93. The molecule has 1 aromatic rings. The number of nitrogens with zero attached hydrogens (tertiary/aromatic N) is 2. The standard InChI is InChI=1S/C18H27FN4/c1-3-20-18(22-16-9-4-5-10-16)21-12-7-13-23(2)17-11-6-8-15(19)14-17/h4-6,8,11,14,16H,3,7,9-10,12-13H2,1-2H3,(H2,20,21,22). The topological polar surface area (TPSA) is 39.7 Å². The minimum atomic E-state index is -0.198. The maximum atomic E-state index is 13.2. The molecular formula is C18H27FN4. The van der Waals surface area contributed by atoms with E-state index in [1.807, 2.05) is 13.1 Å². The van der Waals surface area contributed by atoms with Gasteiger partial charge < -0.3 is 15.5 Å². The summed E-state index contributed by atoms with van der Waals surface area (Å²) in [6, 6.07) is 7.14. The highest BCUT2D eigenvalue weighted by molar-refractivity contribution is 5.80. The molecular weight excluding hydrogens is 291 g/mol. The number of hydrogen-bond acceptors (Lipinski definition) is 2. The monoisotopic (exact) mass is 318 g/mol. The Hall–Kier alpha value is -2.04. The van der Waals surface area contributed by atoms with Crippen molar-refractivity contribution in [2.75, 3.05) is 31.6 Å². The lowest BCUT2D eigenvalue weighted by Crippen LogP contribution is -2.42. The highest BCUT2D eigenvalue weighted by atomic mass is 19.1. The summed E-state index contributed by atoms with van der Waals surface area (Å²) in [6.07, 6.45) is 7.45. The second-order valence-corrected chi connectivity index (χ2v) is 5.80. The van der Waals surface area contributed by atoms with Crippen LogP contribution in [0.3, 0.4) is 0 Å². The molecule has 0 amide bonds. The van der Waals surface area contributed by atoms with Gasteiger partial charge in [0.25, 0.3) is 0 Å². The first-order valence-electron chi connectivity index (χ1n) is 8.35. The van der Waals surface area contributed by atoms with Crippen molar-refractivity contribution < 1.29 is 4.39 Å². The van der Waals surface area contributed by atoms with Crippen molar-refractivity contribution in [1.29, 1.82) is 0 Å². The molecule has 0 spiro atoms. The normalized spacial score (nSPS) is 15.0. The van der Waals surface area contributed by atoms with Crippen molar-refractivity contribution in [2.24, 2.45) is 4.99 Å². The van der Waals surface area contributed by atoms with Crippen molar-refractivity contribution in [3.05, 3.63) is 42.2 Å². The number of anilines is 1. The van der Waals surface area contributed by atoms with E-state index >= 15 is 0 Å². The zero-order valence-corrected chi connectivity index (χ0v) is 14.1. The van der Waals surface area contributed by atoms with Crippen molar-refractivity contribution in [1.82, 2.24) is 10.6 Å². The number of halogens is 1. The van der Waals surface area contributed by atoms with E-state index < -0.39 is 0 Å². The first-order valence-corrected chi connectivity index (χ1v) is 8.35. The van der Waals surface area contributed by atoms with Crippen LogP contribution in [0.15, 0.2) is 41.4 Å². The minimum Gasteiger partial charge on any atom is -0.374 e. The first-order chi connectivity index (χ1) is 11.2. The predicted molar refractivity (Wildman–Crippen MR) is 95.6 cm³/mol. The SMILES string of the molecule is CCNC(=NCCCN(C)c1cccc(F)c1)NC1CC=CC1. The Bertz CT molecular complexity index is 534. The molecule has 0 fully saturated rings. The van der Waals surface area contributed by atoms with Gasteiger partial charge >= 0.3 is 0 Å². The molecule has 0 saturated carbocycles. The van der Waals surface area contributed by atoms with Crippen LogP contribution < -0.4 is 15.5 Å². The first kappa shape index (κ1) is 17.3. The molecule has 2 rings (SSSR count). The van der Waals surface area contributed by atoms with Gasteiger partial charge in [0.05, 0.1) is 0 Å². The van der Waals surface area contributed by atoms with Crippen LogP contribution in [0.2, 0.25) is 0 Å². The van der Waals surface area contributed by atoms with Crippen LogP contribution in [-0.4, -0.2) is 38.7 Å². The molecule has 0 radical (unpaired) electrons. The molecule has 0 saturated heterocycles. The summed E-state index contributed by atoms with van der Waals surface area (Å²) in [4.78, 5) is 6.68. The molecule has 126 valence electrons. The number of benzene rings is 1. The highest BCUT2D eigenvalue weighted by Crippen LogP contribution is 2.14. The second-order valence-electron chi connectivity index (χ2n) is 5.80. The van der Waals surface area contributed by atoms with Crippen LogP contribution in [0.4, 0.5) is 10.1 Å². The summed E-state index contributed by atoms with van der Waals surface area (Å²) in [7, 11) is 1.98. The van der Waals surface area contributed by atoms with Gasteiger partial charge in [-0.15, -0.1) is 0 Å². The second kappa shape index (κ2) is 9.18. The van der Waals surface area contributed by atoms with Gasteiger partial charge in [-0.1, -0.05) is 18.2 Å². The highest BCUT2D eigenvalue weighted by Gasteiger charge is 2.11. The Balaban J connectivity index is 1.76. The molecule has 0 aliphatic heterocycles. The lowest BCUT2D eigenvalue weighted by atomic mass is 10.2. The Labute approximate surface area is 138 Å². The average Bonchev–Trinajstić information content (AvgIpc) is 3.04. The Morgan fingerprint density at radius 2 is 2.13 bits per heavy atom. The largest absolute Gasteiger partial charge is 0.374 e. The van der Waals surface area contributed by atoms with E-state index in [1.54, 1.807) is 12.1 Å². The van der Waals surface area contributed by atoms with E-state index in [4.69, 9.17) is 0 Å². The average molecular weight is 318 g/mol. The van der Waals surface area contributed by atoms with Crippen LogP contribution in [0.1, 0.15) is 26.2 Å². The summed E-state index contributed by atoms with van der Waals surface area (Å²) >= 11 is 0. The van der Waals surface area contributed by atoms with E-state index in [9.17, 15) is 4.39 Å². The maximum Gasteiger partial charge on any atom is 0.191 e. The van der Waals surface area contributed by atoms with Crippen molar-refractivity contribution in [3.63, 3.8) is 0 Å². The zero-order chi connectivity index (χ0) is 16.5. The fourth-order valence-corrected chi connectivity index (χ4v) is 2.59. The number of guanidine groups is 1. The fourth-order valence-electron chi connectivity index (χ4n) is 2.59. The van der Waals surface area contributed by atoms with E-state index in [2.05, 4.69) is 39.6 Å². The maximum absolute atomic E-state index is 13.2. The minimum absolute atomic E-state index is 0.198. The van der Waals surface area contributed by atoms with Crippen molar-refractivity contribution in [2.45, 2.75) is 32.2 Å². The van der Waals surface area contributed by atoms with Gasteiger partial charge in [-0.3, -0.25) is 4.99 Å². The predicted octanol–water partition coefficient (Wildman–Crippen LogP) is 2.93. The van der Waals surface area contributed by atoms with Gasteiger partial charge in [0, 0.05) is 38.4 Å². The molecule has 0 heterocycles. The molecule has 5 heteroatoms. The summed E-state index contributed by atoms with van der Waals surface area (Å²) < 4.78 is 13.2. The molecule has 23 heavy (non-hydrogen) atoms.